The van der Waals surface area contributed by atoms with Crippen molar-refractivity contribution in [3.8, 4) is 0 Å². The first-order chi connectivity index (χ1) is 14.0. The van der Waals surface area contributed by atoms with E-state index in [1.807, 2.05) is 28.8 Å². The zero-order chi connectivity index (χ0) is 20.1. The van der Waals surface area contributed by atoms with Gasteiger partial charge in [0.05, 0.1) is 25.6 Å². The standard InChI is InChI=1S/C23H18F2N2O2/c24-15-5-7-21-18(10-15)19-11-16(25)6-8-22(19)26(21)12-17(28)13-27-20-4-2-1-3-14(20)9-23(27)29/h1-8,10-11,17,28H,9,12-13H2. The normalized spacial score (nSPS) is 14.7. The Balaban J connectivity index is 1.51. The number of rotatable bonds is 4. The van der Waals surface area contributed by atoms with Crippen LogP contribution in [-0.4, -0.2) is 28.2 Å². The molecule has 29 heavy (non-hydrogen) atoms. The van der Waals surface area contributed by atoms with Crippen LogP contribution in [0.15, 0.2) is 60.7 Å². The van der Waals surface area contributed by atoms with Crippen LogP contribution in [0.3, 0.4) is 0 Å². The Morgan fingerprint density at radius 1 is 0.897 bits per heavy atom. The fourth-order valence-electron chi connectivity index (χ4n) is 4.24. The summed E-state index contributed by atoms with van der Waals surface area (Å²) in [6.45, 7) is 0.350. The number of amides is 1. The van der Waals surface area contributed by atoms with Gasteiger partial charge in [0.1, 0.15) is 11.6 Å². The maximum Gasteiger partial charge on any atom is 0.231 e. The molecule has 4 aromatic rings. The third-order valence-corrected chi connectivity index (χ3v) is 5.50. The molecule has 0 saturated heterocycles. The van der Waals surface area contributed by atoms with Gasteiger partial charge in [0.15, 0.2) is 0 Å². The first-order valence-electron chi connectivity index (χ1n) is 9.44. The summed E-state index contributed by atoms with van der Waals surface area (Å²) in [5.41, 5.74) is 3.19. The largest absolute Gasteiger partial charge is 0.389 e. The van der Waals surface area contributed by atoms with E-state index in [0.717, 1.165) is 11.3 Å². The number of nitrogens with zero attached hydrogens (tertiary/aromatic N) is 2. The van der Waals surface area contributed by atoms with Gasteiger partial charge in [0, 0.05) is 27.5 Å². The highest BCUT2D eigenvalue weighted by Crippen LogP contribution is 2.32. The number of hydrogen-bond acceptors (Lipinski definition) is 2. The van der Waals surface area contributed by atoms with Crippen LogP contribution in [0.2, 0.25) is 0 Å². The van der Waals surface area contributed by atoms with Crippen molar-refractivity contribution in [3.63, 3.8) is 0 Å². The molecule has 1 N–H and O–H groups in total. The minimum absolute atomic E-state index is 0.0448. The van der Waals surface area contributed by atoms with Gasteiger partial charge in [-0.2, -0.15) is 0 Å². The number of fused-ring (bicyclic) bond motifs is 4. The molecular formula is C23H18F2N2O2. The number of aliphatic hydroxyl groups excluding tert-OH is 1. The number of aromatic nitrogens is 1. The minimum atomic E-state index is -0.848. The fraction of sp³-hybridized carbons (Fsp3) is 0.174. The molecule has 4 nitrogen and oxygen atoms in total. The fourth-order valence-corrected chi connectivity index (χ4v) is 4.24. The molecule has 3 aromatic carbocycles. The zero-order valence-corrected chi connectivity index (χ0v) is 15.5. The molecule has 0 spiro atoms. The highest BCUT2D eigenvalue weighted by Gasteiger charge is 2.28. The highest BCUT2D eigenvalue weighted by molar-refractivity contribution is 6.08. The van der Waals surface area contributed by atoms with E-state index < -0.39 is 17.7 Å². The molecule has 1 amide bonds. The molecule has 0 radical (unpaired) electrons. The number of β-amino-alcohol motifs (C(OH)–C–C–N with tert-alkyl or cyclic N) is 1. The van der Waals surface area contributed by atoms with Crippen molar-refractivity contribution in [2.24, 2.45) is 0 Å². The van der Waals surface area contributed by atoms with Crippen molar-refractivity contribution >= 4 is 33.4 Å². The van der Waals surface area contributed by atoms with Gasteiger partial charge in [0.2, 0.25) is 5.91 Å². The Morgan fingerprint density at radius 2 is 1.52 bits per heavy atom. The van der Waals surface area contributed by atoms with Gasteiger partial charge in [-0.15, -0.1) is 0 Å². The van der Waals surface area contributed by atoms with Gasteiger partial charge in [0.25, 0.3) is 0 Å². The number of hydrogen-bond donors (Lipinski definition) is 1. The minimum Gasteiger partial charge on any atom is -0.389 e. The smallest absolute Gasteiger partial charge is 0.231 e. The second-order valence-electron chi connectivity index (χ2n) is 7.40. The molecule has 1 aromatic heterocycles. The number of halogens is 2. The maximum atomic E-state index is 13.8. The number of benzene rings is 3. The summed E-state index contributed by atoms with van der Waals surface area (Å²) in [5.74, 6) is -0.849. The monoisotopic (exact) mass is 392 g/mol. The summed E-state index contributed by atoms with van der Waals surface area (Å²) in [6, 6.07) is 16.3. The SMILES string of the molecule is O=C1Cc2ccccc2N1CC(O)Cn1c2ccc(F)cc2c2cc(F)ccc21. The third kappa shape index (κ3) is 2.96. The summed E-state index contributed by atoms with van der Waals surface area (Å²) in [4.78, 5) is 14.0. The summed E-state index contributed by atoms with van der Waals surface area (Å²) in [7, 11) is 0. The highest BCUT2D eigenvalue weighted by atomic mass is 19.1. The molecule has 6 heteroatoms. The molecular weight excluding hydrogens is 374 g/mol. The lowest BCUT2D eigenvalue weighted by Crippen LogP contribution is -2.36. The summed E-state index contributed by atoms with van der Waals surface area (Å²) < 4.78 is 29.4. The number of anilines is 1. The first kappa shape index (κ1) is 17.8. The Bertz CT molecular complexity index is 1210. The van der Waals surface area contributed by atoms with Gasteiger partial charge in [-0.25, -0.2) is 8.78 Å². The molecule has 0 saturated carbocycles. The molecule has 0 aliphatic carbocycles. The van der Waals surface area contributed by atoms with Crippen molar-refractivity contribution in [1.29, 1.82) is 0 Å². The molecule has 0 bridgehead atoms. The van der Waals surface area contributed by atoms with Crippen LogP contribution >= 0.6 is 0 Å². The van der Waals surface area contributed by atoms with Crippen LogP contribution in [-0.2, 0) is 17.8 Å². The average Bonchev–Trinajstić information content (AvgIpc) is 3.16. The molecule has 0 fully saturated rings. The van der Waals surface area contributed by atoms with Crippen LogP contribution < -0.4 is 4.90 Å². The first-order valence-corrected chi connectivity index (χ1v) is 9.44. The van der Waals surface area contributed by atoms with E-state index >= 15 is 0 Å². The molecule has 146 valence electrons. The second kappa shape index (κ2) is 6.67. The molecule has 1 aliphatic rings. The number of carbonyl (C=O) groups excluding carboxylic acids is 1. The molecule has 1 unspecified atom stereocenters. The van der Waals surface area contributed by atoms with E-state index in [9.17, 15) is 18.7 Å². The lowest BCUT2D eigenvalue weighted by Gasteiger charge is -2.22. The average molecular weight is 392 g/mol. The van der Waals surface area contributed by atoms with Crippen LogP contribution in [0.1, 0.15) is 5.56 Å². The molecule has 2 heterocycles. The summed E-state index contributed by atoms with van der Waals surface area (Å²) in [5, 5.41) is 12.0. The van der Waals surface area contributed by atoms with E-state index in [-0.39, 0.29) is 19.0 Å². The van der Waals surface area contributed by atoms with E-state index in [2.05, 4.69) is 0 Å². The van der Waals surface area contributed by atoms with Crippen LogP contribution in [0.25, 0.3) is 21.8 Å². The van der Waals surface area contributed by atoms with Crippen LogP contribution in [0.5, 0.6) is 0 Å². The Morgan fingerprint density at radius 3 is 2.17 bits per heavy atom. The van der Waals surface area contributed by atoms with Gasteiger partial charge >= 0.3 is 0 Å². The Hall–Kier alpha value is -3.25. The lowest BCUT2D eigenvalue weighted by molar-refractivity contribution is -0.117. The molecule has 5 rings (SSSR count). The van der Waals surface area contributed by atoms with E-state index in [1.54, 1.807) is 17.0 Å². The van der Waals surface area contributed by atoms with Crippen molar-refractivity contribution in [1.82, 2.24) is 4.57 Å². The van der Waals surface area contributed by atoms with Crippen molar-refractivity contribution < 1.29 is 18.7 Å². The summed E-state index contributed by atoms with van der Waals surface area (Å²) >= 11 is 0. The number of carbonyl (C=O) groups is 1. The third-order valence-electron chi connectivity index (χ3n) is 5.50. The van der Waals surface area contributed by atoms with Gasteiger partial charge in [-0.05, 0) is 48.0 Å². The Labute approximate surface area is 165 Å². The second-order valence-corrected chi connectivity index (χ2v) is 7.40. The predicted molar refractivity (Wildman–Crippen MR) is 108 cm³/mol. The summed E-state index contributed by atoms with van der Waals surface area (Å²) in [6.07, 6.45) is -0.518. The topological polar surface area (TPSA) is 45.5 Å². The van der Waals surface area contributed by atoms with Crippen molar-refractivity contribution in [2.45, 2.75) is 19.1 Å². The number of aliphatic hydroxyl groups is 1. The van der Waals surface area contributed by atoms with E-state index in [1.165, 1.54) is 24.3 Å². The van der Waals surface area contributed by atoms with Crippen LogP contribution in [0, 0.1) is 11.6 Å². The molecule has 1 atom stereocenters. The van der Waals surface area contributed by atoms with E-state index in [0.29, 0.717) is 28.2 Å². The van der Waals surface area contributed by atoms with Crippen LogP contribution in [0.4, 0.5) is 14.5 Å². The number of para-hydroxylation sites is 1. The Kier molecular flexibility index (Phi) is 4.10. The predicted octanol–water partition coefficient (Wildman–Crippen LogP) is 4.02. The van der Waals surface area contributed by atoms with Crippen molar-refractivity contribution in [2.75, 3.05) is 11.4 Å². The quantitative estimate of drug-likeness (QED) is 0.570. The lowest BCUT2D eigenvalue weighted by atomic mass is 10.1. The maximum absolute atomic E-state index is 13.8. The van der Waals surface area contributed by atoms with Gasteiger partial charge in [-0.1, -0.05) is 18.2 Å². The van der Waals surface area contributed by atoms with Gasteiger partial charge in [-0.3, -0.25) is 4.79 Å². The molecule has 1 aliphatic heterocycles. The van der Waals surface area contributed by atoms with Gasteiger partial charge < -0.3 is 14.6 Å². The van der Waals surface area contributed by atoms with E-state index in [4.69, 9.17) is 0 Å². The zero-order valence-electron chi connectivity index (χ0n) is 15.5. The van der Waals surface area contributed by atoms with Crippen molar-refractivity contribution in [3.05, 3.63) is 77.9 Å².